The van der Waals surface area contributed by atoms with Crippen molar-refractivity contribution in [2.24, 2.45) is 0 Å². The monoisotopic (exact) mass is 464 g/mol. The average molecular weight is 465 g/mol. The van der Waals surface area contributed by atoms with Crippen LogP contribution in [-0.2, 0) is 17.8 Å². The van der Waals surface area contributed by atoms with Gasteiger partial charge in [0.15, 0.2) is 11.8 Å². The third-order valence-electron chi connectivity index (χ3n) is 4.60. The molecule has 2 aromatic heterocycles. The van der Waals surface area contributed by atoms with Crippen LogP contribution in [-0.4, -0.2) is 31.6 Å². The number of hydrogen-bond donors (Lipinski definition) is 0. The van der Waals surface area contributed by atoms with Crippen LogP contribution in [0.15, 0.2) is 41.6 Å². The molecule has 0 unspecified atom stereocenters. The van der Waals surface area contributed by atoms with Gasteiger partial charge in [-0.25, -0.2) is 14.3 Å². The van der Waals surface area contributed by atoms with Gasteiger partial charge in [0, 0.05) is 18.2 Å². The topological polar surface area (TPSA) is 109 Å². The molecule has 0 fully saturated rings. The molecule has 0 N–H and O–H groups in total. The van der Waals surface area contributed by atoms with Crippen molar-refractivity contribution >= 4 is 35.0 Å². The van der Waals surface area contributed by atoms with E-state index in [-0.39, 0.29) is 29.6 Å². The minimum absolute atomic E-state index is 0.00315. The van der Waals surface area contributed by atoms with Crippen LogP contribution in [0.3, 0.4) is 0 Å². The molecule has 0 aliphatic carbocycles. The summed E-state index contributed by atoms with van der Waals surface area (Å²) >= 11 is 12.2. The number of aromatic nitrogens is 3. The molecule has 0 aliphatic heterocycles. The predicted octanol–water partition coefficient (Wildman–Crippen LogP) is 4.17. The Balaban J connectivity index is 2.29. The molecule has 9 nitrogen and oxygen atoms in total. The van der Waals surface area contributed by atoms with Crippen molar-refractivity contribution in [1.29, 1.82) is 0 Å². The van der Waals surface area contributed by atoms with Crippen LogP contribution >= 0.6 is 23.2 Å². The number of ether oxygens (including phenoxy) is 1. The summed E-state index contributed by atoms with van der Waals surface area (Å²) in [6.45, 7) is 3.92. The summed E-state index contributed by atoms with van der Waals surface area (Å²) in [7, 11) is 0. The van der Waals surface area contributed by atoms with E-state index in [1.165, 1.54) is 17.0 Å². The molecule has 0 saturated carbocycles. The summed E-state index contributed by atoms with van der Waals surface area (Å²) in [6, 6.07) is 6.03. The van der Waals surface area contributed by atoms with Crippen LogP contribution in [0.2, 0.25) is 10.0 Å². The molecule has 0 atom stereocenters. The smallest absolute Gasteiger partial charge is 0.344 e. The second-order valence-corrected chi connectivity index (χ2v) is 7.27. The van der Waals surface area contributed by atoms with Gasteiger partial charge >= 0.3 is 11.8 Å². The van der Waals surface area contributed by atoms with E-state index in [0.29, 0.717) is 28.5 Å². The fourth-order valence-corrected chi connectivity index (χ4v) is 3.59. The van der Waals surface area contributed by atoms with Gasteiger partial charge in [-0.1, -0.05) is 29.3 Å². The van der Waals surface area contributed by atoms with E-state index >= 15 is 0 Å². The molecule has 2 heterocycles. The molecule has 1 aromatic carbocycles. The molecule has 0 aliphatic rings. The summed E-state index contributed by atoms with van der Waals surface area (Å²) in [4.78, 5) is 40.1. The Bertz CT molecular complexity index is 1220. The Morgan fingerprint density at radius 3 is 2.58 bits per heavy atom. The van der Waals surface area contributed by atoms with Crippen molar-refractivity contribution in [3.05, 3.63) is 78.4 Å². The van der Waals surface area contributed by atoms with E-state index < -0.39 is 16.3 Å². The Morgan fingerprint density at radius 2 is 1.97 bits per heavy atom. The lowest BCUT2D eigenvalue weighted by Crippen LogP contribution is -2.25. The lowest BCUT2D eigenvalue weighted by Gasteiger charge is -2.20. The molecular formula is C20H18Cl2N4O5. The number of rotatable bonds is 7. The fraction of sp³-hybridized carbons (Fsp3) is 0.250. The first-order chi connectivity index (χ1) is 14.8. The largest absolute Gasteiger partial charge is 0.462 e. The zero-order chi connectivity index (χ0) is 22.7. The van der Waals surface area contributed by atoms with Gasteiger partial charge in [0.2, 0.25) is 0 Å². The minimum atomic E-state index is -0.768. The summed E-state index contributed by atoms with van der Waals surface area (Å²) in [5, 5.41) is 11.8. The van der Waals surface area contributed by atoms with E-state index in [1.54, 1.807) is 29.7 Å². The highest BCUT2D eigenvalue weighted by Gasteiger charge is 2.25. The zero-order valence-electron chi connectivity index (χ0n) is 16.7. The number of imidazole rings is 1. The van der Waals surface area contributed by atoms with E-state index in [1.807, 2.05) is 6.92 Å². The van der Waals surface area contributed by atoms with Gasteiger partial charge < -0.3 is 19.4 Å². The van der Waals surface area contributed by atoms with Crippen molar-refractivity contribution in [2.75, 3.05) is 6.61 Å². The van der Waals surface area contributed by atoms with Crippen LogP contribution in [0.4, 0.5) is 5.82 Å². The van der Waals surface area contributed by atoms with Crippen LogP contribution in [0.25, 0.3) is 11.3 Å². The van der Waals surface area contributed by atoms with Crippen molar-refractivity contribution in [3.8, 4) is 11.3 Å². The maximum absolute atomic E-state index is 13.0. The highest BCUT2D eigenvalue weighted by Crippen LogP contribution is 2.31. The van der Waals surface area contributed by atoms with Crippen molar-refractivity contribution in [2.45, 2.75) is 26.9 Å². The van der Waals surface area contributed by atoms with Crippen molar-refractivity contribution < 1.29 is 14.5 Å². The van der Waals surface area contributed by atoms with Gasteiger partial charge in [-0.3, -0.25) is 4.79 Å². The minimum Gasteiger partial charge on any atom is -0.462 e. The van der Waals surface area contributed by atoms with E-state index in [9.17, 15) is 19.7 Å². The lowest BCUT2D eigenvalue weighted by atomic mass is 10.0. The Hall–Kier alpha value is -3.17. The third kappa shape index (κ3) is 4.47. The van der Waals surface area contributed by atoms with E-state index in [0.717, 1.165) is 6.20 Å². The van der Waals surface area contributed by atoms with Crippen molar-refractivity contribution in [3.63, 3.8) is 0 Å². The highest BCUT2D eigenvalue weighted by molar-refractivity contribution is 6.42. The number of benzene rings is 1. The number of nitrogens with zero attached hydrogens (tertiary/aromatic N) is 4. The second kappa shape index (κ2) is 9.32. The van der Waals surface area contributed by atoms with E-state index in [2.05, 4.69) is 4.98 Å². The Kier molecular flexibility index (Phi) is 6.77. The molecule has 162 valence electrons. The molecule has 11 heteroatoms. The fourth-order valence-electron chi connectivity index (χ4n) is 3.30. The molecule has 0 radical (unpaired) electrons. The van der Waals surface area contributed by atoms with Gasteiger partial charge in [0.05, 0.1) is 28.0 Å². The molecule has 31 heavy (non-hydrogen) atoms. The standard InChI is InChI=1S/C20H18Cl2N4O5/c1-3-25-13(10-24-11-23-9-17(24)26(29)30)8-16(27)18(20(28)31-4-2)19(25)12-5-6-14(21)15(22)7-12/h5-9,11H,3-4,10H2,1-2H3. The SMILES string of the molecule is CCOC(=O)c1c(-c2ccc(Cl)c(Cl)c2)n(CC)c(Cn2cncc2[N+](=O)[O-])cc1=O. The summed E-state index contributed by atoms with van der Waals surface area (Å²) in [5.41, 5.74) is 0.513. The Morgan fingerprint density at radius 1 is 1.23 bits per heavy atom. The lowest BCUT2D eigenvalue weighted by molar-refractivity contribution is -0.392. The number of hydrogen-bond acceptors (Lipinski definition) is 6. The predicted molar refractivity (Wildman–Crippen MR) is 116 cm³/mol. The van der Waals surface area contributed by atoms with Crippen LogP contribution < -0.4 is 5.43 Å². The number of pyridine rings is 1. The van der Waals surface area contributed by atoms with Gasteiger partial charge in [0.25, 0.3) is 0 Å². The first-order valence-electron chi connectivity index (χ1n) is 9.32. The Labute approximate surface area is 186 Å². The number of esters is 1. The summed E-state index contributed by atoms with van der Waals surface area (Å²) in [5.74, 6) is -0.989. The van der Waals surface area contributed by atoms with E-state index in [4.69, 9.17) is 27.9 Å². The third-order valence-corrected chi connectivity index (χ3v) is 5.34. The maximum Gasteiger partial charge on any atom is 0.344 e. The number of carbonyl (C=O) groups is 1. The summed E-state index contributed by atoms with van der Waals surface area (Å²) < 4.78 is 8.13. The molecule has 3 aromatic rings. The molecule has 0 saturated heterocycles. The zero-order valence-corrected chi connectivity index (χ0v) is 18.2. The quantitative estimate of drug-likeness (QED) is 0.294. The highest BCUT2D eigenvalue weighted by atomic mass is 35.5. The molecule has 3 rings (SSSR count). The van der Waals surface area contributed by atoms with Crippen LogP contribution in [0.1, 0.15) is 29.9 Å². The van der Waals surface area contributed by atoms with Gasteiger partial charge in [-0.05, 0) is 30.9 Å². The number of nitro groups is 1. The van der Waals surface area contributed by atoms with Crippen LogP contribution in [0.5, 0.6) is 0 Å². The van der Waals surface area contributed by atoms with Gasteiger partial charge in [-0.15, -0.1) is 0 Å². The normalized spacial score (nSPS) is 10.8. The summed E-state index contributed by atoms with van der Waals surface area (Å²) in [6.07, 6.45) is 2.43. The first-order valence-corrected chi connectivity index (χ1v) is 10.1. The molecule has 0 amide bonds. The van der Waals surface area contributed by atoms with Crippen molar-refractivity contribution in [1.82, 2.24) is 14.1 Å². The second-order valence-electron chi connectivity index (χ2n) is 6.45. The molecular weight excluding hydrogens is 447 g/mol. The molecule has 0 spiro atoms. The average Bonchev–Trinajstić information content (AvgIpc) is 3.18. The van der Waals surface area contributed by atoms with Crippen LogP contribution in [0, 0.1) is 10.1 Å². The number of carbonyl (C=O) groups excluding carboxylic acids is 1. The number of halogens is 2. The molecule has 0 bridgehead atoms. The first kappa shape index (κ1) is 22.5. The van der Waals surface area contributed by atoms with Gasteiger partial charge in [0.1, 0.15) is 18.3 Å². The van der Waals surface area contributed by atoms with Gasteiger partial charge in [-0.2, -0.15) is 0 Å². The maximum atomic E-state index is 13.0.